The average Bonchev–Trinajstić information content (AvgIpc) is 2.19. The van der Waals surface area contributed by atoms with Crippen LogP contribution >= 0.6 is 11.6 Å². The van der Waals surface area contributed by atoms with Gasteiger partial charge in [-0.25, -0.2) is 0 Å². The fourth-order valence-electron chi connectivity index (χ4n) is 1.54. The van der Waals surface area contributed by atoms with E-state index in [-0.39, 0.29) is 6.10 Å². The van der Waals surface area contributed by atoms with Gasteiger partial charge >= 0.3 is 0 Å². The van der Waals surface area contributed by atoms with Gasteiger partial charge in [-0.1, -0.05) is 17.7 Å². The highest BCUT2D eigenvalue weighted by Crippen LogP contribution is 2.20. The van der Waals surface area contributed by atoms with Gasteiger partial charge in [0.05, 0.1) is 6.61 Å². The molecule has 0 N–H and O–H groups in total. The smallest absolute Gasteiger partial charge is 0.122 e. The maximum atomic E-state index is 5.85. The normalized spacial score (nSPS) is 21.9. The molecule has 1 fully saturated rings. The number of ether oxygens (including phenoxy) is 2. The molecule has 0 aromatic heterocycles. The zero-order valence-electron chi connectivity index (χ0n) is 7.91. The minimum absolute atomic E-state index is 0.183. The van der Waals surface area contributed by atoms with Crippen LogP contribution in [0.15, 0.2) is 24.3 Å². The third-order valence-electron chi connectivity index (χ3n) is 2.22. The van der Waals surface area contributed by atoms with Crippen molar-refractivity contribution in [3.8, 4) is 5.75 Å². The Hall–Kier alpha value is -0.730. The first-order valence-electron chi connectivity index (χ1n) is 4.84. The van der Waals surface area contributed by atoms with Crippen LogP contribution in [0.5, 0.6) is 5.75 Å². The number of hydrogen-bond donors (Lipinski definition) is 0. The highest BCUT2D eigenvalue weighted by Gasteiger charge is 2.15. The van der Waals surface area contributed by atoms with Crippen molar-refractivity contribution < 1.29 is 9.47 Å². The molecule has 1 heterocycles. The van der Waals surface area contributed by atoms with E-state index in [9.17, 15) is 0 Å². The highest BCUT2D eigenvalue weighted by molar-refractivity contribution is 6.30. The molecule has 0 bridgehead atoms. The summed E-state index contributed by atoms with van der Waals surface area (Å²) < 4.78 is 11.1. The molecule has 0 spiro atoms. The number of halogens is 1. The molecule has 1 saturated heterocycles. The topological polar surface area (TPSA) is 18.5 Å². The molecule has 0 amide bonds. The number of hydrogen-bond acceptors (Lipinski definition) is 2. The zero-order valence-corrected chi connectivity index (χ0v) is 8.67. The third kappa shape index (κ3) is 2.63. The van der Waals surface area contributed by atoms with Crippen molar-refractivity contribution in [3.63, 3.8) is 0 Å². The lowest BCUT2D eigenvalue weighted by atomic mass is 10.2. The summed E-state index contributed by atoms with van der Waals surface area (Å²) in [7, 11) is 0. The van der Waals surface area contributed by atoms with Gasteiger partial charge in [0.1, 0.15) is 11.9 Å². The molecule has 0 aliphatic carbocycles. The first-order chi connectivity index (χ1) is 6.84. The molecule has 14 heavy (non-hydrogen) atoms. The van der Waals surface area contributed by atoms with Crippen molar-refractivity contribution in [2.24, 2.45) is 0 Å². The predicted octanol–water partition coefficient (Wildman–Crippen LogP) is 2.90. The van der Waals surface area contributed by atoms with Crippen LogP contribution in [-0.2, 0) is 4.74 Å². The van der Waals surface area contributed by atoms with Gasteiger partial charge in [0, 0.05) is 11.6 Å². The van der Waals surface area contributed by atoms with Gasteiger partial charge in [-0.05, 0) is 31.0 Å². The molecule has 0 saturated carbocycles. The van der Waals surface area contributed by atoms with Crippen LogP contribution in [0.3, 0.4) is 0 Å². The molecule has 76 valence electrons. The summed E-state index contributed by atoms with van der Waals surface area (Å²) in [5.41, 5.74) is 0. The zero-order chi connectivity index (χ0) is 9.80. The second-order valence-corrected chi connectivity index (χ2v) is 3.85. The average molecular weight is 213 g/mol. The van der Waals surface area contributed by atoms with Crippen molar-refractivity contribution >= 4 is 11.6 Å². The monoisotopic (exact) mass is 212 g/mol. The van der Waals surface area contributed by atoms with Crippen molar-refractivity contribution in [1.82, 2.24) is 0 Å². The summed E-state index contributed by atoms with van der Waals surface area (Å²) in [6, 6.07) is 7.48. The van der Waals surface area contributed by atoms with Crippen molar-refractivity contribution in [1.29, 1.82) is 0 Å². The number of benzene rings is 1. The Morgan fingerprint density at radius 1 is 1.43 bits per heavy atom. The second-order valence-electron chi connectivity index (χ2n) is 3.41. The van der Waals surface area contributed by atoms with Crippen LogP contribution in [0.4, 0.5) is 0 Å². The van der Waals surface area contributed by atoms with E-state index >= 15 is 0 Å². The van der Waals surface area contributed by atoms with Crippen LogP contribution in [0.1, 0.15) is 12.8 Å². The molecular weight excluding hydrogens is 200 g/mol. The van der Waals surface area contributed by atoms with E-state index in [1.807, 2.05) is 24.3 Å². The summed E-state index contributed by atoms with van der Waals surface area (Å²) in [5, 5.41) is 0.708. The Labute approximate surface area is 88.8 Å². The summed E-state index contributed by atoms with van der Waals surface area (Å²) in [4.78, 5) is 0. The third-order valence-corrected chi connectivity index (χ3v) is 2.45. The van der Waals surface area contributed by atoms with Crippen LogP contribution in [0.25, 0.3) is 0 Å². The Kier molecular flexibility index (Phi) is 3.27. The first kappa shape index (κ1) is 9.81. The lowest BCUT2D eigenvalue weighted by Gasteiger charge is -2.23. The van der Waals surface area contributed by atoms with E-state index in [4.69, 9.17) is 21.1 Å². The van der Waals surface area contributed by atoms with Gasteiger partial charge in [0.15, 0.2) is 0 Å². The molecule has 1 unspecified atom stereocenters. The first-order valence-corrected chi connectivity index (χ1v) is 5.22. The fourth-order valence-corrected chi connectivity index (χ4v) is 1.72. The van der Waals surface area contributed by atoms with Gasteiger partial charge in [0.25, 0.3) is 0 Å². The molecule has 1 atom stereocenters. The molecule has 2 rings (SSSR count). The molecule has 1 aliphatic heterocycles. The second kappa shape index (κ2) is 4.67. The van der Waals surface area contributed by atoms with E-state index in [2.05, 4.69) is 0 Å². The summed E-state index contributed by atoms with van der Waals surface area (Å²) in [5.74, 6) is 0.827. The minimum atomic E-state index is 0.183. The Bertz CT molecular complexity index is 295. The number of rotatable bonds is 2. The molecule has 3 heteroatoms. The van der Waals surface area contributed by atoms with Gasteiger partial charge in [-0.15, -0.1) is 0 Å². The highest BCUT2D eigenvalue weighted by atomic mass is 35.5. The van der Waals surface area contributed by atoms with Gasteiger partial charge in [-0.3, -0.25) is 0 Å². The quantitative estimate of drug-likeness (QED) is 0.751. The summed E-state index contributed by atoms with van der Waals surface area (Å²) in [6.45, 7) is 1.54. The van der Waals surface area contributed by atoms with Gasteiger partial charge in [0.2, 0.25) is 0 Å². The minimum Gasteiger partial charge on any atom is -0.488 e. The Balaban J connectivity index is 1.95. The fraction of sp³-hybridized carbons (Fsp3) is 0.455. The molecule has 2 nitrogen and oxygen atoms in total. The van der Waals surface area contributed by atoms with E-state index in [0.717, 1.165) is 25.2 Å². The van der Waals surface area contributed by atoms with E-state index in [1.54, 1.807) is 0 Å². The predicted molar refractivity (Wildman–Crippen MR) is 55.9 cm³/mol. The lowest BCUT2D eigenvalue weighted by molar-refractivity contribution is 0.00743. The molecular formula is C11H13ClO2. The van der Waals surface area contributed by atoms with Crippen molar-refractivity contribution in [3.05, 3.63) is 29.3 Å². The maximum absolute atomic E-state index is 5.85. The van der Waals surface area contributed by atoms with Crippen LogP contribution in [0.2, 0.25) is 5.02 Å². The van der Waals surface area contributed by atoms with E-state index < -0.39 is 0 Å². The summed E-state index contributed by atoms with van der Waals surface area (Å²) >= 11 is 5.85. The van der Waals surface area contributed by atoms with E-state index in [0.29, 0.717) is 11.6 Å². The van der Waals surface area contributed by atoms with Gasteiger partial charge < -0.3 is 9.47 Å². The van der Waals surface area contributed by atoms with Crippen LogP contribution in [0, 0.1) is 0 Å². The molecule has 0 radical (unpaired) electrons. The summed E-state index contributed by atoms with van der Waals surface area (Å²) in [6.07, 6.45) is 2.32. The van der Waals surface area contributed by atoms with Crippen LogP contribution < -0.4 is 4.74 Å². The Morgan fingerprint density at radius 3 is 3.07 bits per heavy atom. The van der Waals surface area contributed by atoms with E-state index in [1.165, 1.54) is 0 Å². The SMILES string of the molecule is Clc1cccc(OC2CCCOC2)c1. The van der Waals surface area contributed by atoms with Crippen molar-refractivity contribution in [2.45, 2.75) is 18.9 Å². The van der Waals surface area contributed by atoms with Crippen LogP contribution in [-0.4, -0.2) is 19.3 Å². The largest absolute Gasteiger partial charge is 0.488 e. The van der Waals surface area contributed by atoms with Gasteiger partial charge in [-0.2, -0.15) is 0 Å². The standard InChI is InChI=1S/C11H13ClO2/c12-9-3-1-4-10(7-9)14-11-5-2-6-13-8-11/h1,3-4,7,11H,2,5-6,8H2. The maximum Gasteiger partial charge on any atom is 0.122 e. The molecule has 1 aliphatic rings. The Morgan fingerprint density at radius 2 is 2.36 bits per heavy atom. The lowest BCUT2D eigenvalue weighted by Crippen LogP contribution is -2.27. The molecule has 1 aromatic rings. The molecule has 1 aromatic carbocycles. The van der Waals surface area contributed by atoms with Crippen molar-refractivity contribution in [2.75, 3.05) is 13.2 Å².